The zero-order valence-electron chi connectivity index (χ0n) is 11.5. The van der Waals surface area contributed by atoms with E-state index in [9.17, 15) is 4.79 Å². The molecule has 1 aromatic rings. The highest BCUT2D eigenvalue weighted by atomic mass is 16.2. The number of likely N-dealkylation sites (tertiary alicyclic amines) is 1. The summed E-state index contributed by atoms with van der Waals surface area (Å²) in [6.07, 6.45) is 8.19. The highest BCUT2D eigenvalue weighted by Gasteiger charge is 2.33. The van der Waals surface area contributed by atoms with E-state index in [4.69, 9.17) is 0 Å². The van der Waals surface area contributed by atoms with Crippen LogP contribution in [0, 0.1) is 18.8 Å². The van der Waals surface area contributed by atoms with Gasteiger partial charge in [-0.15, -0.1) is 0 Å². The van der Waals surface area contributed by atoms with E-state index in [1.165, 1.54) is 32.1 Å². The van der Waals surface area contributed by atoms with Gasteiger partial charge in [0.15, 0.2) is 0 Å². The third-order valence-corrected chi connectivity index (χ3v) is 4.57. The molecule has 0 aromatic carbocycles. The van der Waals surface area contributed by atoms with Gasteiger partial charge in [-0.1, -0.05) is 19.3 Å². The summed E-state index contributed by atoms with van der Waals surface area (Å²) in [5.74, 6) is 2.31. The Morgan fingerprint density at radius 3 is 2.84 bits per heavy atom. The van der Waals surface area contributed by atoms with Gasteiger partial charge in [0.25, 0.3) is 5.91 Å². The smallest absolute Gasteiger partial charge is 0.272 e. The molecule has 4 heteroatoms. The van der Waals surface area contributed by atoms with E-state index in [1.54, 1.807) is 12.3 Å². The van der Waals surface area contributed by atoms with E-state index in [2.05, 4.69) is 9.97 Å². The number of amides is 1. The normalized spacial score (nSPS) is 26.9. The van der Waals surface area contributed by atoms with Gasteiger partial charge in [-0.2, -0.15) is 0 Å². The second-order valence-corrected chi connectivity index (χ2v) is 5.83. The first-order valence-electron chi connectivity index (χ1n) is 7.33. The summed E-state index contributed by atoms with van der Waals surface area (Å²) in [6, 6.07) is 1.72. The van der Waals surface area contributed by atoms with Crippen LogP contribution in [0.5, 0.6) is 0 Å². The predicted molar refractivity (Wildman–Crippen MR) is 72.7 cm³/mol. The lowest BCUT2D eigenvalue weighted by Gasteiger charge is -2.41. The summed E-state index contributed by atoms with van der Waals surface area (Å²) in [4.78, 5) is 22.8. The SMILES string of the molecule is Cc1nccc(C(=O)N2CC[C@@H]3CCCC[C@@H]3C2)n1. The Labute approximate surface area is 114 Å². The van der Waals surface area contributed by atoms with Crippen LogP contribution in [0.25, 0.3) is 0 Å². The number of hydrogen-bond acceptors (Lipinski definition) is 3. The molecule has 0 spiro atoms. The van der Waals surface area contributed by atoms with Gasteiger partial charge in [0.05, 0.1) is 0 Å². The van der Waals surface area contributed by atoms with E-state index < -0.39 is 0 Å². The van der Waals surface area contributed by atoms with Crippen molar-refractivity contribution in [1.29, 1.82) is 0 Å². The minimum Gasteiger partial charge on any atom is -0.337 e. The van der Waals surface area contributed by atoms with Crippen LogP contribution < -0.4 is 0 Å². The number of carbonyl (C=O) groups is 1. The Kier molecular flexibility index (Phi) is 3.49. The largest absolute Gasteiger partial charge is 0.337 e. The van der Waals surface area contributed by atoms with Crippen LogP contribution in [0.4, 0.5) is 0 Å². The Balaban J connectivity index is 1.71. The first-order valence-corrected chi connectivity index (χ1v) is 7.33. The number of aryl methyl sites for hydroxylation is 1. The number of aromatic nitrogens is 2. The lowest BCUT2D eigenvalue weighted by atomic mass is 9.75. The minimum atomic E-state index is 0.0783. The lowest BCUT2D eigenvalue weighted by Crippen LogP contribution is -2.45. The van der Waals surface area contributed by atoms with Crippen molar-refractivity contribution in [3.05, 3.63) is 23.8 Å². The molecule has 1 aromatic heterocycles. The third kappa shape index (κ3) is 2.62. The molecule has 1 amide bonds. The molecule has 2 heterocycles. The van der Waals surface area contributed by atoms with Gasteiger partial charge >= 0.3 is 0 Å². The topological polar surface area (TPSA) is 46.1 Å². The number of piperidine rings is 1. The molecule has 3 rings (SSSR count). The van der Waals surface area contributed by atoms with Crippen molar-refractivity contribution in [2.75, 3.05) is 13.1 Å². The molecule has 0 bridgehead atoms. The molecule has 2 fully saturated rings. The molecule has 4 nitrogen and oxygen atoms in total. The maximum absolute atomic E-state index is 12.5. The number of hydrogen-bond donors (Lipinski definition) is 0. The number of rotatable bonds is 1. The highest BCUT2D eigenvalue weighted by molar-refractivity contribution is 5.92. The molecule has 1 aliphatic heterocycles. The minimum absolute atomic E-state index is 0.0783. The van der Waals surface area contributed by atoms with Crippen LogP contribution in [0.1, 0.15) is 48.4 Å². The molecule has 1 aliphatic carbocycles. The quantitative estimate of drug-likeness (QED) is 0.778. The number of nitrogens with zero attached hydrogens (tertiary/aromatic N) is 3. The van der Waals surface area contributed by atoms with Crippen LogP contribution in [-0.4, -0.2) is 33.9 Å². The van der Waals surface area contributed by atoms with Crippen LogP contribution in [0.15, 0.2) is 12.3 Å². The van der Waals surface area contributed by atoms with Crippen molar-refractivity contribution in [3.8, 4) is 0 Å². The summed E-state index contributed by atoms with van der Waals surface area (Å²) < 4.78 is 0. The standard InChI is InChI=1S/C15H21N3O/c1-11-16-8-6-14(17-11)15(19)18-9-7-12-4-2-3-5-13(12)10-18/h6,8,12-13H,2-5,7,9-10H2,1H3/t12-,13+/m0/s1. The van der Waals surface area contributed by atoms with Crippen molar-refractivity contribution >= 4 is 5.91 Å². The van der Waals surface area contributed by atoms with Crippen LogP contribution in [-0.2, 0) is 0 Å². The maximum Gasteiger partial charge on any atom is 0.272 e. The molecule has 0 radical (unpaired) electrons. The Bertz CT molecular complexity index is 474. The number of carbonyl (C=O) groups excluding carboxylic acids is 1. The van der Waals surface area contributed by atoms with Crippen molar-refractivity contribution in [3.63, 3.8) is 0 Å². The van der Waals surface area contributed by atoms with Gasteiger partial charge in [0, 0.05) is 19.3 Å². The van der Waals surface area contributed by atoms with Crippen molar-refractivity contribution in [1.82, 2.24) is 14.9 Å². The molecule has 19 heavy (non-hydrogen) atoms. The third-order valence-electron chi connectivity index (χ3n) is 4.57. The fourth-order valence-corrected chi connectivity index (χ4v) is 3.52. The first-order chi connectivity index (χ1) is 9.24. The van der Waals surface area contributed by atoms with E-state index in [1.807, 2.05) is 11.8 Å². The van der Waals surface area contributed by atoms with Crippen molar-refractivity contribution in [2.24, 2.45) is 11.8 Å². The van der Waals surface area contributed by atoms with E-state index >= 15 is 0 Å². The van der Waals surface area contributed by atoms with Gasteiger partial charge in [-0.25, -0.2) is 9.97 Å². The predicted octanol–water partition coefficient (Wildman–Crippen LogP) is 2.44. The molecule has 0 N–H and O–H groups in total. The highest BCUT2D eigenvalue weighted by Crippen LogP contribution is 2.36. The molecule has 1 saturated carbocycles. The van der Waals surface area contributed by atoms with Crippen LogP contribution in [0.3, 0.4) is 0 Å². The second-order valence-electron chi connectivity index (χ2n) is 5.83. The monoisotopic (exact) mass is 259 g/mol. The first kappa shape index (κ1) is 12.6. The molecule has 102 valence electrons. The van der Waals surface area contributed by atoms with Crippen LogP contribution in [0.2, 0.25) is 0 Å². The fraction of sp³-hybridized carbons (Fsp3) is 0.667. The lowest BCUT2D eigenvalue weighted by molar-refractivity contribution is 0.0515. The Morgan fingerprint density at radius 1 is 1.26 bits per heavy atom. The van der Waals surface area contributed by atoms with Crippen LogP contribution >= 0.6 is 0 Å². The van der Waals surface area contributed by atoms with Crippen molar-refractivity contribution in [2.45, 2.75) is 39.0 Å². The molecular formula is C15H21N3O. The zero-order chi connectivity index (χ0) is 13.2. The van der Waals surface area contributed by atoms with Gasteiger partial charge in [0.1, 0.15) is 11.5 Å². The summed E-state index contributed by atoms with van der Waals surface area (Å²) in [5, 5.41) is 0. The molecule has 1 saturated heterocycles. The fourth-order valence-electron chi connectivity index (χ4n) is 3.52. The van der Waals surface area contributed by atoms with E-state index in [-0.39, 0.29) is 5.91 Å². The maximum atomic E-state index is 12.5. The van der Waals surface area contributed by atoms with Gasteiger partial charge in [0.2, 0.25) is 0 Å². The van der Waals surface area contributed by atoms with Crippen molar-refractivity contribution < 1.29 is 4.79 Å². The van der Waals surface area contributed by atoms with Gasteiger partial charge in [-0.05, 0) is 37.7 Å². The van der Waals surface area contributed by atoms with Gasteiger partial charge < -0.3 is 4.90 Å². The van der Waals surface area contributed by atoms with E-state index in [0.717, 1.165) is 24.9 Å². The average molecular weight is 259 g/mol. The summed E-state index contributed by atoms with van der Waals surface area (Å²) >= 11 is 0. The van der Waals surface area contributed by atoms with Gasteiger partial charge in [-0.3, -0.25) is 4.79 Å². The van der Waals surface area contributed by atoms with E-state index in [0.29, 0.717) is 11.5 Å². The summed E-state index contributed by atoms with van der Waals surface area (Å²) in [5.41, 5.74) is 0.543. The molecule has 2 aliphatic rings. The molecule has 2 atom stereocenters. The zero-order valence-corrected chi connectivity index (χ0v) is 11.5. The second kappa shape index (κ2) is 5.27. The Morgan fingerprint density at radius 2 is 2.05 bits per heavy atom. The number of fused-ring (bicyclic) bond motifs is 1. The molecule has 0 unspecified atom stereocenters. The summed E-state index contributed by atoms with van der Waals surface area (Å²) in [7, 11) is 0. The molecular weight excluding hydrogens is 238 g/mol. The summed E-state index contributed by atoms with van der Waals surface area (Å²) in [6.45, 7) is 3.64. The Hall–Kier alpha value is -1.45. The average Bonchev–Trinajstić information content (AvgIpc) is 2.46.